The van der Waals surface area contributed by atoms with Gasteiger partial charge in [0.15, 0.2) is 0 Å². The fraction of sp³-hybridized carbons (Fsp3) is 0.579. The van der Waals surface area contributed by atoms with Crippen molar-refractivity contribution in [3.63, 3.8) is 0 Å². The van der Waals surface area contributed by atoms with E-state index in [1.54, 1.807) is 0 Å². The Balaban J connectivity index is 1.91. The molecule has 0 saturated carbocycles. The molecule has 4 nitrogen and oxygen atoms in total. The first-order valence-electron chi connectivity index (χ1n) is 17.0. The van der Waals surface area contributed by atoms with Crippen LogP contribution in [0.5, 0.6) is 0 Å². The number of aromatic amines is 4. The molecule has 4 aromatic rings. The molecule has 0 unspecified atom stereocenters. The SMILES string of the molecule is CCC1(CC)c2ccc([nH]2)C(CC)(CC)c2[nH]c(cc2C)C(CC)(CC)c2ccc([nH]2)C(CC)(CC)c2[nH]c1cc2C. The summed E-state index contributed by atoms with van der Waals surface area (Å²) in [4.78, 5) is 16.4. The molecule has 0 amide bonds. The van der Waals surface area contributed by atoms with Crippen molar-refractivity contribution in [2.45, 2.75) is 142 Å². The number of hydrogen-bond donors (Lipinski definition) is 4. The Morgan fingerprint density at radius 1 is 0.381 bits per heavy atom. The highest BCUT2D eigenvalue weighted by molar-refractivity contribution is 5.48. The Labute approximate surface area is 254 Å². The van der Waals surface area contributed by atoms with Crippen LogP contribution in [0.1, 0.15) is 163 Å². The Hall–Kier alpha value is -2.88. The molecule has 0 saturated heterocycles. The first-order chi connectivity index (χ1) is 20.1. The molecule has 5 heterocycles. The fourth-order valence-electron chi connectivity index (χ4n) is 9.08. The molecule has 42 heavy (non-hydrogen) atoms. The van der Waals surface area contributed by atoms with Crippen LogP contribution >= 0.6 is 0 Å². The summed E-state index contributed by atoms with van der Waals surface area (Å²) in [6, 6.07) is 14.5. The number of aromatic nitrogens is 4. The fourth-order valence-corrected chi connectivity index (χ4v) is 9.08. The minimum atomic E-state index is -0.102. The molecule has 4 N–H and O–H groups in total. The molecule has 0 atom stereocenters. The van der Waals surface area contributed by atoms with E-state index in [9.17, 15) is 0 Å². The lowest BCUT2D eigenvalue weighted by molar-refractivity contribution is 0.414. The van der Waals surface area contributed by atoms with Crippen LogP contribution in [0.4, 0.5) is 0 Å². The second-order valence-electron chi connectivity index (χ2n) is 13.2. The highest BCUT2D eigenvalue weighted by atomic mass is 14.9. The zero-order chi connectivity index (χ0) is 30.5. The summed E-state index contributed by atoms with van der Waals surface area (Å²) in [5.74, 6) is 0. The van der Waals surface area contributed by atoms with Crippen LogP contribution in [0.3, 0.4) is 0 Å². The highest BCUT2D eigenvalue weighted by Crippen LogP contribution is 2.49. The van der Waals surface area contributed by atoms with Crippen molar-refractivity contribution in [2.24, 2.45) is 0 Å². The maximum Gasteiger partial charge on any atom is 0.0501 e. The molecule has 0 aliphatic carbocycles. The largest absolute Gasteiger partial charge is 0.361 e. The molecular formula is C38H56N4. The highest BCUT2D eigenvalue weighted by Gasteiger charge is 2.44. The van der Waals surface area contributed by atoms with E-state index in [0.29, 0.717) is 0 Å². The number of nitrogens with one attached hydrogen (secondary N) is 4. The van der Waals surface area contributed by atoms with Crippen molar-refractivity contribution in [1.82, 2.24) is 19.9 Å². The average Bonchev–Trinajstić information content (AvgIpc) is 3.83. The van der Waals surface area contributed by atoms with Crippen LogP contribution in [0.25, 0.3) is 0 Å². The van der Waals surface area contributed by atoms with E-state index in [1.165, 1.54) is 56.7 Å². The number of aryl methyl sites for hydroxylation is 2. The zero-order valence-corrected chi connectivity index (χ0v) is 28.1. The lowest BCUT2D eigenvalue weighted by Crippen LogP contribution is -2.32. The van der Waals surface area contributed by atoms with Gasteiger partial charge in [-0.15, -0.1) is 0 Å². The predicted molar refractivity (Wildman–Crippen MR) is 178 cm³/mol. The summed E-state index contributed by atoms with van der Waals surface area (Å²) in [6.45, 7) is 23.5. The second-order valence-corrected chi connectivity index (χ2v) is 13.2. The lowest BCUT2D eigenvalue weighted by atomic mass is 9.75. The van der Waals surface area contributed by atoms with Crippen molar-refractivity contribution < 1.29 is 0 Å². The van der Waals surface area contributed by atoms with Gasteiger partial charge in [-0.05, 0) is 113 Å². The van der Waals surface area contributed by atoms with Crippen molar-refractivity contribution in [2.75, 3.05) is 0 Å². The van der Waals surface area contributed by atoms with E-state index in [1.807, 2.05) is 0 Å². The molecule has 0 spiro atoms. The molecule has 4 heteroatoms. The van der Waals surface area contributed by atoms with Gasteiger partial charge >= 0.3 is 0 Å². The molecular weight excluding hydrogens is 512 g/mol. The van der Waals surface area contributed by atoms with Gasteiger partial charge in [-0.1, -0.05) is 55.4 Å². The van der Waals surface area contributed by atoms with Gasteiger partial charge in [0.05, 0.1) is 10.8 Å². The number of H-pyrrole nitrogens is 4. The summed E-state index contributed by atoms with van der Waals surface area (Å²) in [5, 5.41) is 0. The number of fused-ring (bicyclic) bond motifs is 8. The standard InChI is InChI=1S/C38H56N4/c1-11-35(12-2)27-19-21-29(39-27)37(15-5,16-6)34-26(10)24-32(42-34)36(13-3,14-4)28-20-22-30(40-28)38(17-7,18-8)33-25(9)23-31(35)41-33/h19-24,39-42H,11-18H2,1-10H3. The number of hydrogen-bond acceptors (Lipinski definition) is 0. The third-order valence-corrected chi connectivity index (χ3v) is 12.3. The number of rotatable bonds is 8. The average molecular weight is 569 g/mol. The van der Waals surface area contributed by atoms with Crippen molar-refractivity contribution in [3.8, 4) is 0 Å². The Morgan fingerprint density at radius 3 is 0.905 bits per heavy atom. The van der Waals surface area contributed by atoms with Gasteiger partial charge < -0.3 is 19.9 Å². The Morgan fingerprint density at radius 2 is 0.643 bits per heavy atom. The third-order valence-electron chi connectivity index (χ3n) is 12.3. The zero-order valence-electron chi connectivity index (χ0n) is 28.1. The lowest BCUT2D eigenvalue weighted by Gasteiger charge is -2.35. The predicted octanol–water partition coefficient (Wildman–Crippen LogP) is 10.4. The summed E-state index contributed by atoms with van der Waals surface area (Å²) in [5.41, 5.74) is 13.1. The normalized spacial score (nSPS) is 18.3. The van der Waals surface area contributed by atoms with E-state index < -0.39 is 0 Å². The molecule has 1 aliphatic heterocycles. The van der Waals surface area contributed by atoms with Gasteiger partial charge in [0.1, 0.15) is 0 Å². The van der Waals surface area contributed by atoms with Gasteiger partial charge in [0, 0.05) is 56.4 Å². The van der Waals surface area contributed by atoms with E-state index in [0.717, 1.165) is 51.4 Å². The molecule has 0 fully saturated rings. The first kappa shape index (κ1) is 30.6. The van der Waals surface area contributed by atoms with Crippen LogP contribution in [-0.4, -0.2) is 19.9 Å². The smallest absolute Gasteiger partial charge is 0.0501 e. The van der Waals surface area contributed by atoms with E-state index in [4.69, 9.17) is 0 Å². The van der Waals surface area contributed by atoms with Crippen LogP contribution < -0.4 is 0 Å². The second kappa shape index (κ2) is 11.0. The molecule has 0 radical (unpaired) electrons. The van der Waals surface area contributed by atoms with Gasteiger partial charge in [-0.2, -0.15) is 0 Å². The van der Waals surface area contributed by atoms with Gasteiger partial charge in [0.2, 0.25) is 0 Å². The van der Waals surface area contributed by atoms with Gasteiger partial charge in [-0.3, -0.25) is 0 Å². The Kier molecular flexibility index (Phi) is 8.00. The summed E-state index contributed by atoms with van der Waals surface area (Å²) < 4.78 is 0. The molecule has 1 aliphatic rings. The molecule has 8 bridgehead atoms. The van der Waals surface area contributed by atoms with Crippen LogP contribution in [0, 0.1) is 13.8 Å². The third kappa shape index (κ3) is 3.92. The Bertz CT molecular complexity index is 1390. The first-order valence-corrected chi connectivity index (χ1v) is 17.0. The van der Waals surface area contributed by atoms with E-state index in [2.05, 4.69) is 126 Å². The van der Waals surface area contributed by atoms with Crippen molar-refractivity contribution >= 4 is 0 Å². The summed E-state index contributed by atoms with van der Waals surface area (Å²) in [7, 11) is 0. The van der Waals surface area contributed by atoms with E-state index >= 15 is 0 Å². The molecule has 5 rings (SSSR count). The minimum absolute atomic E-state index is 0.102. The molecule has 0 aromatic carbocycles. The van der Waals surface area contributed by atoms with Crippen LogP contribution in [-0.2, 0) is 21.7 Å². The molecule has 4 aromatic heterocycles. The van der Waals surface area contributed by atoms with Gasteiger partial charge in [0.25, 0.3) is 0 Å². The van der Waals surface area contributed by atoms with Gasteiger partial charge in [-0.25, -0.2) is 0 Å². The summed E-state index contributed by atoms with van der Waals surface area (Å²) >= 11 is 0. The summed E-state index contributed by atoms with van der Waals surface area (Å²) in [6.07, 6.45) is 8.29. The van der Waals surface area contributed by atoms with Crippen LogP contribution in [0.15, 0.2) is 36.4 Å². The maximum atomic E-state index is 4.11. The van der Waals surface area contributed by atoms with Crippen LogP contribution in [0.2, 0.25) is 0 Å². The van der Waals surface area contributed by atoms with E-state index in [-0.39, 0.29) is 21.7 Å². The minimum Gasteiger partial charge on any atom is -0.361 e. The van der Waals surface area contributed by atoms with Crippen molar-refractivity contribution in [3.05, 3.63) is 93.1 Å². The maximum absolute atomic E-state index is 4.11. The van der Waals surface area contributed by atoms with Crippen molar-refractivity contribution in [1.29, 1.82) is 0 Å². The monoisotopic (exact) mass is 568 g/mol. The molecule has 228 valence electrons. The topological polar surface area (TPSA) is 63.2 Å². The quantitative estimate of drug-likeness (QED) is 0.163.